The maximum atomic E-state index is 12.6. The lowest BCUT2D eigenvalue weighted by Crippen LogP contribution is -2.32. The zero-order valence-electron chi connectivity index (χ0n) is 13.8. The van der Waals surface area contributed by atoms with E-state index in [2.05, 4.69) is 10.5 Å². The molecule has 5 nitrogen and oxygen atoms in total. The Bertz CT molecular complexity index is 644. The second kappa shape index (κ2) is 6.75. The molecule has 0 aliphatic rings. The summed E-state index contributed by atoms with van der Waals surface area (Å²) >= 11 is 0. The topological polar surface area (TPSA) is 58.4 Å². The Balaban J connectivity index is 2.23. The first-order valence-electron chi connectivity index (χ1n) is 7.43. The van der Waals surface area contributed by atoms with Crippen LogP contribution in [0.15, 0.2) is 28.8 Å². The van der Waals surface area contributed by atoms with E-state index < -0.39 is 0 Å². The summed E-state index contributed by atoms with van der Waals surface area (Å²) in [7, 11) is 3.77. The number of likely N-dealkylation sites (N-methyl/N-ethyl adjacent to an activating group) is 1. The van der Waals surface area contributed by atoms with Crippen molar-refractivity contribution in [1.29, 1.82) is 0 Å². The molecule has 22 heavy (non-hydrogen) atoms. The molecule has 0 aliphatic carbocycles. The third kappa shape index (κ3) is 3.36. The van der Waals surface area contributed by atoms with Gasteiger partial charge in [0.25, 0.3) is 0 Å². The highest BCUT2D eigenvalue weighted by Gasteiger charge is 2.25. The van der Waals surface area contributed by atoms with E-state index in [1.54, 1.807) is 0 Å². The van der Waals surface area contributed by atoms with Gasteiger partial charge in [-0.2, -0.15) is 0 Å². The highest BCUT2D eigenvalue weighted by Crippen LogP contribution is 2.24. The van der Waals surface area contributed by atoms with Crippen LogP contribution in [0.3, 0.4) is 0 Å². The molecule has 0 bridgehead atoms. The first-order valence-corrected chi connectivity index (χ1v) is 7.43. The highest BCUT2D eigenvalue weighted by molar-refractivity contribution is 5.95. The van der Waals surface area contributed by atoms with Crippen LogP contribution in [-0.4, -0.2) is 30.1 Å². The van der Waals surface area contributed by atoms with Crippen molar-refractivity contribution in [2.75, 3.05) is 19.4 Å². The largest absolute Gasteiger partial charge is 0.338 e. The molecule has 2 rings (SSSR count). The average Bonchev–Trinajstić information content (AvgIpc) is 2.81. The van der Waals surface area contributed by atoms with Gasteiger partial charge in [0.2, 0.25) is 11.8 Å². The van der Waals surface area contributed by atoms with Gasteiger partial charge in [0, 0.05) is 5.56 Å². The number of anilines is 1. The highest BCUT2D eigenvalue weighted by atomic mass is 16.5. The summed E-state index contributed by atoms with van der Waals surface area (Å²) in [5.41, 5.74) is 3.87. The molecular weight excluding hydrogens is 278 g/mol. The first-order chi connectivity index (χ1) is 10.4. The first kappa shape index (κ1) is 16.2. The quantitative estimate of drug-likeness (QED) is 0.922. The Morgan fingerprint density at radius 2 is 1.91 bits per heavy atom. The van der Waals surface area contributed by atoms with Gasteiger partial charge in [0.05, 0.1) is 5.69 Å². The van der Waals surface area contributed by atoms with Gasteiger partial charge < -0.3 is 4.52 Å². The number of aryl methyl sites for hydroxylation is 2. The van der Waals surface area contributed by atoms with E-state index in [-0.39, 0.29) is 11.9 Å². The molecule has 0 radical (unpaired) electrons. The summed E-state index contributed by atoms with van der Waals surface area (Å²) in [6.45, 7) is 5.94. The molecule has 1 aromatic heterocycles. The van der Waals surface area contributed by atoms with Crippen molar-refractivity contribution < 1.29 is 9.32 Å². The van der Waals surface area contributed by atoms with Crippen LogP contribution in [0.4, 0.5) is 5.88 Å². The van der Waals surface area contributed by atoms with Crippen molar-refractivity contribution in [3.63, 3.8) is 0 Å². The number of hydrogen-bond acceptors (Lipinski definition) is 4. The van der Waals surface area contributed by atoms with Crippen molar-refractivity contribution >= 4 is 11.8 Å². The summed E-state index contributed by atoms with van der Waals surface area (Å²) in [6, 6.07) is 7.59. The summed E-state index contributed by atoms with van der Waals surface area (Å²) in [5, 5.41) is 6.82. The predicted molar refractivity (Wildman–Crippen MR) is 86.9 cm³/mol. The minimum absolute atomic E-state index is 0.129. The lowest BCUT2D eigenvalue weighted by atomic mass is 10.0. The van der Waals surface area contributed by atoms with Crippen LogP contribution in [0.2, 0.25) is 0 Å². The van der Waals surface area contributed by atoms with Crippen molar-refractivity contribution in [2.45, 2.75) is 33.2 Å². The lowest BCUT2D eigenvalue weighted by molar-refractivity contribution is -0.120. The maximum absolute atomic E-state index is 12.6. The van der Waals surface area contributed by atoms with Crippen LogP contribution in [0.25, 0.3) is 0 Å². The van der Waals surface area contributed by atoms with E-state index >= 15 is 0 Å². The van der Waals surface area contributed by atoms with Gasteiger partial charge in [-0.3, -0.25) is 15.0 Å². The minimum Gasteiger partial charge on any atom is -0.338 e. The SMILES string of the molecule is CCc1noc(NC(=O)C(c2ccc(C)cc2)N(C)C)c1C. The van der Waals surface area contributed by atoms with Gasteiger partial charge in [-0.25, -0.2) is 0 Å². The number of benzene rings is 1. The second-order valence-electron chi connectivity index (χ2n) is 5.70. The number of carbonyl (C=O) groups is 1. The van der Waals surface area contributed by atoms with Crippen LogP contribution in [0.1, 0.15) is 35.3 Å². The fourth-order valence-electron chi connectivity index (χ4n) is 2.43. The van der Waals surface area contributed by atoms with Crippen molar-refractivity contribution in [1.82, 2.24) is 10.1 Å². The minimum atomic E-state index is -0.379. The van der Waals surface area contributed by atoms with Crippen LogP contribution in [0, 0.1) is 13.8 Å². The standard InChI is InChI=1S/C17H23N3O2/c1-6-14-12(3)17(22-19-14)18-16(21)15(20(4)5)13-9-7-11(2)8-10-13/h7-10,15H,6H2,1-5H3,(H,18,21). The fraction of sp³-hybridized carbons (Fsp3) is 0.412. The lowest BCUT2D eigenvalue weighted by Gasteiger charge is -2.23. The number of nitrogens with zero attached hydrogens (tertiary/aromatic N) is 2. The summed E-state index contributed by atoms with van der Waals surface area (Å²) in [4.78, 5) is 14.5. The van der Waals surface area contributed by atoms with Crippen LogP contribution in [0.5, 0.6) is 0 Å². The Kier molecular flexibility index (Phi) is 4.98. The Morgan fingerprint density at radius 1 is 1.27 bits per heavy atom. The van der Waals surface area contributed by atoms with Gasteiger partial charge >= 0.3 is 0 Å². The molecule has 1 aromatic carbocycles. The number of amides is 1. The number of hydrogen-bond donors (Lipinski definition) is 1. The molecule has 0 spiro atoms. The molecule has 2 aromatic rings. The molecule has 0 saturated carbocycles. The summed E-state index contributed by atoms with van der Waals surface area (Å²) in [5.74, 6) is 0.302. The Hall–Kier alpha value is -2.14. The molecule has 1 N–H and O–H groups in total. The monoisotopic (exact) mass is 301 g/mol. The molecule has 118 valence electrons. The Labute approximate surface area is 131 Å². The predicted octanol–water partition coefficient (Wildman–Crippen LogP) is 3.10. The van der Waals surface area contributed by atoms with Gasteiger partial charge in [-0.15, -0.1) is 0 Å². The number of carbonyl (C=O) groups excluding carboxylic acids is 1. The van der Waals surface area contributed by atoms with Crippen LogP contribution >= 0.6 is 0 Å². The molecule has 0 saturated heterocycles. The van der Waals surface area contributed by atoms with Gasteiger partial charge in [-0.05, 0) is 39.9 Å². The normalized spacial score (nSPS) is 12.5. The van der Waals surface area contributed by atoms with Crippen molar-refractivity contribution in [3.8, 4) is 0 Å². The number of nitrogens with one attached hydrogen (secondary N) is 1. The second-order valence-corrected chi connectivity index (χ2v) is 5.70. The summed E-state index contributed by atoms with van der Waals surface area (Å²) < 4.78 is 5.24. The fourth-order valence-corrected chi connectivity index (χ4v) is 2.43. The molecule has 0 aliphatic heterocycles. The van der Waals surface area contributed by atoms with Gasteiger partial charge in [0.15, 0.2) is 0 Å². The molecule has 5 heteroatoms. The van der Waals surface area contributed by atoms with Crippen LogP contribution < -0.4 is 5.32 Å². The molecule has 1 atom stereocenters. The molecule has 1 unspecified atom stereocenters. The molecule has 1 heterocycles. The zero-order valence-corrected chi connectivity index (χ0v) is 13.8. The van der Waals surface area contributed by atoms with E-state index in [0.717, 1.165) is 23.2 Å². The van der Waals surface area contributed by atoms with Crippen molar-refractivity contribution in [3.05, 3.63) is 46.6 Å². The van der Waals surface area contributed by atoms with Gasteiger partial charge in [0.1, 0.15) is 6.04 Å². The summed E-state index contributed by atoms with van der Waals surface area (Å²) in [6.07, 6.45) is 0.778. The molecule has 1 amide bonds. The van der Waals surface area contributed by atoms with E-state index in [4.69, 9.17) is 4.52 Å². The Morgan fingerprint density at radius 3 is 2.41 bits per heavy atom. The zero-order chi connectivity index (χ0) is 16.3. The van der Waals surface area contributed by atoms with Crippen molar-refractivity contribution in [2.24, 2.45) is 0 Å². The van der Waals surface area contributed by atoms with E-state index in [9.17, 15) is 4.79 Å². The molecular formula is C17H23N3O2. The average molecular weight is 301 g/mol. The number of aromatic nitrogens is 1. The van der Waals surface area contributed by atoms with Gasteiger partial charge in [-0.1, -0.05) is 41.9 Å². The third-order valence-corrected chi connectivity index (χ3v) is 3.75. The van der Waals surface area contributed by atoms with E-state index in [0.29, 0.717) is 5.88 Å². The molecule has 0 fully saturated rings. The van der Waals surface area contributed by atoms with E-state index in [1.807, 2.05) is 64.0 Å². The third-order valence-electron chi connectivity index (χ3n) is 3.75. The van der Waals surface area contributed by atoms with E-state index in [1.165, 1.54) is 5.56 Å². The number of rotatable bonds is 5. The van der Waals surface area contributed by atoms with Crippen LogP contribution in [-0.2, 0) is 11.2 Å². The smallest absolute Gasteiger partial charge is 0.248 e. The maximum Gasteiger partial charge on any atom is 0.248 e.